The number of carbonyl (C=O) groups is 2. The third kappa shape index (κ3) is 4.82. The summed E-state index contributed by atoms with van der Waals surface area (Å²) in [5.74, 6) is 0.335. The van der Waals surface area contributed by atoms with Crippen LogP contribution in [0.2, 0.25) is 5.02 Å². The van der Waals surface area contributed by atoms with Gasteiger partial charge in [-0.15, -0.1) is 0 Å². The molecule has 2 aromatic rings. The van der Waals surface area contributed by atoms with Gasteiger partial charge in [-0.05, 0) is 37.3 Å². The SMILES string of the molecule is C[C@@H](NC(=O)Nc1cccc(Cl)c1)C(=O)NCc1ccco1. The number of halogens is 1. The molecule has 0 aliphatic rings. The highest BCUT2D eigenvalue weighted by molar-refractivity contribution is 6.30. The van der Waals surface area contributed by atoms with Crippen LogP contribution >= 0.6 is 11.6 Å². The topological polar surface area (TPSA) is 83.4 Å². The number of benzene rings is 1. The molecule has 7 heteroatoms. The predicted octanol–water partition coefficient (Wildman–Crippen LogP) is 2.76. The molecule has 0 fully saturated rings. The quantitative estimate of drug-likeness (QED) is 0.791. The van der Waals surface area contributed by atoms with Gasteiger partial charge in [-0.1, -0.05) is 17.7 Å². The molecule has 1 aromatic heterocycles. The van der Waals surface area contributed by atoms with Gasteiger partial charge in [0.05, 0.1) is 12.8 Å². The molecule has 0 aliphatic carbocycles. The molecule has 3 N–H and O–H groups in total. The molecule has 116 valence electrons. The lowest BCUT2D eigenvalue weighted by molar-refractivity contribution is -0.122. The molecule has 0 spiro atoms. The fourth-order valence-corrected chi connectivity index (χ4v) is 1.93. The molecule has 0 aliphatic heterocycles. The number of anilines is 1. The Labute approximate surface area is 132 Å². The molecule has 0 radical (unpaired) electrons. The average molecular weight is 322 g/mol. The second-order valence-corrected chi connectivity index (χ2v) is 5.06. The Balaban J connectivity index is 1.79. The number of carbonyl (C=O) groups excluding carboxylic acids is 2. The Hall–Kier alpha value is -2.47. The van der Waals surface area contributed by atoms with Gasteiger partial charge in [0.15, 0.2) is 0 Å². The summed E-state index contributed by atoms with van der Waals surface area (Å²) >= 11 is 5.83. The Kier molecular flexibility index (Phi) is 5.43. The van der Waals surface area contributed by atoms with E-state index in [0.717, 1.165) is 0 Å². The first-order valence-electron chi connectivity index (χ1n) is 6.68. The lowest BCUT2D eigenvalue weighted by Crippen LogP contribution is -2.46. The van der Waals surface area contributed by atoms with E-state index in [1.54, 1.807) is 43.3 Å². The Morgan fingerprint density at radius 2 is 2.09 bits per heavy atom. The van der Waals surface area contributed by atoms with Crippen LogP contribution in [0.5, 0.6) is 0 Å². The highest BCUT2D eigenvalue weighted by Gasteiger charge is 2.15. The van der Waals surface area contributed by atoms with Crippen LogP contribution in [0.4, 0.5) is 10.5 Å². The Morgan fingerprint density at radius 1 is 1.27 bits per heavy atom. The number of hydrogen-bond acceptors (Lipinski definition) is 3. The molecule has 22 heavy (non-hydrogen) atoms. The van der Waals surface area contributed by atoms with Crippen molar-refractivity contribution in [2.24, 2.45) is 0 Å². The molecule has 0 saturated carbocycles. The van der Waals surface area contributed by atoms with Gasteiger partial charge in [-0.25, -0.2) is 4.79 Å². The number of furan rings is 1. The van der Waals surface area contributed by atoms with E-state index in [-0.39, 0.29) is 12.5 Å². The fraction of sp³-hybridized carbons (Fsp3) is 0.200. The van der Waals surface area contributed by atoms with Crippen molar-refractivity contribution in [3.05, 3.63) is 53.4 Å². The van der Waals surface area contributed by atoms with Crippen LogP contribution in [0.1, 0.15) is 12.7 Å². The Bertz CT molecular complexity index is 643. The predicted molar refractivity (Wildman–Crippen MR) is 83.6 cm³/mol. The van der Waals surface area contributed by atoms with E-state index in [9.17, 15) is 9.59 Å². The van der Waals surface area contributed by atoms with E-state index < -0.39 is 12.1 Å². The molecule has 0 bridgehead atoms. The van der Waals surface area contributed by atoms with Crippen LogP contribution in [0, 0.1) is 0 Å². The van der Waals surface area contributed by atoms with Gasteiger partial charge in [-0.3, -0.25) is 4.79 Å². The first-order valence-corrected chi connectivity index (χ1v) is 7.05. The molecule has 1 atom stereocenters. The van der Waals surface area contributed by atoms with Crippen molar-refractivity contribution in [3.8, 4) is 0 Å². The molecule has 0 saturated heterocycles. The summed E-state index contributed by atoms with van der Waals surface area (Å²) in [6, 6.07) is 9.06. The number of nitrogens with one attached hydrogen (secondary N) is 3. The number of rotatable bonds is 5. The van der Waals surface area contributed by atoms with Crippen LogP contribution in [0.25, 0.3) is 0 Å². The second kappa shape index (κ2) is 7.51. The summed E-state index contributed by atoms with van der Waals surface area (Å²) < 4.78 is 5.11. The van der Waals surface area contributed by atoms with Crippen molar-refractivity contribution in [1.82, 2.24) is 10.6 Å². The zero-order chi connectivity index (χ0) is 15.9. The summed E-state index contributed by atoms with van der Waals surface area (Å²) in [5, 5.41) is 8.33. The van der Waals surface area contributed by atoms with E-state index in [4.69, 9.17) is 16.0 Å². The monoisotopic (exact) mass is 321 g/mol. The molecule has 2 rings (SSSR count). The highest BCUT2D eigenvalue weighted by Crippen LogP contribution is 2.14. The van der Waals surface area contributed by atoms with Gasteiger partial charge >= 0.3 is 6.03 Å². The van der Waals surface area contributed by atoms with E-state index >= 15 is 0 Å². The van der Waals surface area contributed by atoms with Gasteiger partial charge < -0.3 is 20.4 Å². The minimum atomic E-state index is -0.686. The summed E-state index contributed by atoms with van der Waals surface area (Å²) in [4.78, 5) is 23.7. The van der Waals surface area contributed by atoms with E-state index in [0.29, 0.717) is 16.5 Å². The molecule has 0 unspecified atom stereocenters. The lowest BCUT2D eigenvalue weighted by Gasteiger charge is -2.14. The maximum Gasteiger partial charge on any atom is 0.319 e. The number of hydrogen-bond donors (Lipinski definition) is 3. The maximum absolute atomic E-state index is 11.9. The molecule has 1 aromatic carbocycles. The standard InChI is InChI=1S/C15H16ClN3O3/c1-10(14(20)17-9-13-6-3-7-22-13)18-15(21)19-12-5-2-4-11(16)8-12/h2-8,10H,9H2,1H3,(H,17,20)(H2,18,19,21)/t10-/m1/s1. The molecular weight excluding hydrogens is 306 g/mol. The van der Waals surface area contributed by atoms with Crippen molar-refractivity contribution >= 4 is 29.2 Å². The fourth-order valence-electron chi connectivity index (χ4n) is 1.74. The smallest absolute Gasteiger partial charge is 0.319 e. The zero-order valence-corrected chi connectivity index (χ0v) is 12.7. The summed E-state index contributed by atoms with van der Waals surface area (Å²) in [6.07, 6.45) is 1.53. The van der Waals surface area contributed by atoms with E-state index in [2.05, 4.69) is 16.0 Å². The highest BCUT2D eigenvalue weighted by atomic mass is 35.5. The molecular formula is C15H16ClN3O3. The first-order chi connectivity index (χ1) is 10.5. The van der Waals surface area contributed by atoms with Crippen molar-refractivity contribution < 1.29 is 14.0 Å². The van der Waals surface area contributed by atoms with E-state index in [1.807, 2.05) is 0 Å². The Morgan fingerprint density at radius 3 is 2.77 bits per heavy atom. The largest absolute Gasteiger partial charge is 0.467 e. The van der Waals surface area contributed by atoms with Crippen molar-refractivity contribution in [1.29, 1.82) is 0 Å². The van der Waals surface area contributed by atoms with Crippen molar-refractivity contribution in [2.45, 2.75) is 19.5 Å². The minimum absolute atomic E-state index is 0.272. The normalized spacial score (nSPS) is 11.5. The van der Waals surface area contributed by atoms with Crippen LogP contribution < -0.4 is 16.0 Å². The third-order valence-electron chi connectivity index (χ3n) is 2.84. The number of amides is 3. The van der Waals surface area contributed by atoms with E-state index in [1.165, 1.54) is 6.26 Å². The van der Waals surface area contributed by atoms with Crippen LogP contribution in [0.3, 0.4) is 0 Å². The first kappa shape index (κ1) is 15.9. The summed E-state index contributed by atoms with van der Waals surface area (Å²) in [7, 11) is 0. The summed E-state index contributed by atoms with van der Waals surface area (Å²) in [5.41, 5.74) is 0.549. The van der Waals surface area contributed by atoms with Crippen molar-refractivity contribution in [2.75, 3.05) is 5.32 Å². The lowest BCUT2D eigenvalue weighted by atomic mass is 10.3. The van der Waals surface area contributed by atoms with Gasteiger partial charge in [0.25, 0.3) is 0 Å². The number of urea groups is 1. The third-order valence-corrected chi connectivity index (χ3v) is 3.08. The van der Waals surface area contributed by atoms with Gasteiger partial charge in [0.1, 0.15) is 11.8 Å². The van der Waals surface area contributed by atoms with Crippen LogP contribution in [-0.2, 0) is 11.3 Å². The average Bonchev–Trinajstić information content (AvgIpc) is 2.97. The van der Waals surface area contributed by atoms with Crippen LogP contribution in [-0.4, -0.2) is 18.0 Å². The molecule has 1 heterocycles. The minimum Gasteiger partial charge on any atom is -0.467 e. The molecule has 3 amide bonds. The van der Waals surface area contributed by atoms with Gasteiger partial charge in [-0.2, -0.15) is 0 Å². The van der Waals surface area contributed by atoms with Gasteiger partial charge in [0, 0.05) is 10.7 Å². The van der Waals surface area contributed by atoms with Gasteiger partial charge in [0.2, 0.25) is 5.91 Å². The van der Waals surface area contributed by atoms with Crippen LogP contribution in [0.15, 0.2) is 47.1 Å². The summed E-state index contributed by atoms with van der Waals surface area (Å²) in [6.45, 7) is 1.86. The molecule has 6 nitrogen and oxygen atoms in total. The zero-order valence-electron chi connectivity index (χ0n) is 11.9. The van der Waals surface area contributed by atoms with Crippen molar-refractivity contribution in [3.63, 3.8) is 0 Å². The second-order valence-electron chi connectivity index (χ2n) is 4.63. The maximum atomic E-state index is 11.9.